The molecule has 1 aromatic carbocycles. The third-order valence-corrected chi connectivity index (χ3v) is 7.11. The molecule has 2 aromatic rings. The summed E-state index contributed by atoms with van der Waals surface area (Å²) in [6.07, 6.45) is 8.07. The van der Waals surface area contributed by atoms with Crippen molar-refractivity contribution in [1.29, 1.82) is 0 Å². The summed E-state index contributed by atoms with van der Waals surface area (Å²) in [7, 11) is 1.69. The van der Waals surface area contributed by atoms with E-state index in [2.05, 4.69) is 54.4 Å². The molecule has 8 heteroatoms. The number of allylic oxidation sites excluding steroid dienone is 2. The number of carbonyl (C=O) groups is 1. The van der Waals surface area contributed by atoms with Gasteiger partial charge in [-0.2, -0.15) is 5.21 Å². The number of benzene rings is 1. The van der Waals surface area contributed by atoms with Crippen molar-refractivity contribution in [1.82, 2.24) is 25.5 Å². The van der Waals surface area contributed by atoms with E-state index < -0.39 is 0 Å². The number of ether oxygens (including phenoxy) is 1. The highest BCUT2D eigenvalue weighted by Gasteiger charge is 2.46. The topological polar surface area (TPSA) is 104 Å². The van der Waals surface area contributed by atoms with Gasteiger partial charge in [-0.3, -0.25) is 4.79 Å². The molecule has 33 heavy (non-hydrogen) atoms. The van der Waals surface area contributed by atoms with E-state index in [9.17, 15) is 9.90 Å². The average molecular weight is 454 g/mol. The second-order valence-corrected chi connectivity index (χ2v) is 10.0. The van der Waals surface area contributed by atoms with Gasteiger partial charge in [-0.1, -0.05) is 36.6 Å². The Labute approximate surface area is 195 Å². The maximum atomic E-state index is 13.6. The SMILES string of the molecule is CCCCCc1cc2c(c(O)c1C(=O)N(C)Cc1nn[nH]n1)C1C=C(C)CCC1C(C)(C)O2. The molecule has 2 N–H and O–H groups in total. The number of aromatic amines is 1. The molecule has 2 unspecified atom stereocenters. The van der Waals surface area contributed by atoms with Crippen LogP contribution in [0, 0.1) is 5.92 Å². The third kappa shape index (κ3) is 4.48. The number of aromatic hydroxyl groups is 1. The smallest absolute Gasteiger partial charge is 0.258 e. The summed E-state index contributed by atoms with van der Waals surface area (Å²) in [4.78, 5) is 15.1. The fraction of sp³-hybridized carbons (Fsp3) is 0.600. The van der Waals surface area contributed by atoms with E-state index in [1.807, 2.05) is 6.07 Å². The van der Waals surface area contributed by atoms with Crippen LogP contribution in [0.4, 0.5) is 0 Å². The number of aryl methyl sites for hydroxylation is 1. The highest BCUT2D eigenvalue weighted by atomic mass is 16.5. The molecule has 2 heterocycles. The molecule has 2 atom stereocenters. The Morgan fingerprint density at radius 1 is 1.36 bits per heavy atom. The Morgan fingerprint density at radius 3 is 2.85 bits per heavy atom. The standard InChI is InChI=1S/C25H35N5O3/c1-6-7-8-9-16-13-19-22(17-12-15(2)10-11-18(17)25(3,4)33-19)23(31)21(16)24(32)30(5)14-20-26-28-29-27-20/h12-13,17-18,31H,6-11,14H2,1-5H3,(H,26,27,28,29). The van der Waals surface area contributed by atoms with Gasteiger partial charge in [-0.05, 0) is 58.1 Å². The van der Waals surface area contributed by atoms with E-state index in [1.165, 1.54) is 10.5 Å². The number of H-pyrrole nitrogens is 1. The number of tetrazole rings is 1. The molecule has 178 valence electrons. The highest BCUT2D eigenvalue weighted by molar-refractivity contribution is 5.99. The molecule has 1 aliphatic heterocycles. The molecule has 0 bridgehead atoms. The summed E-state index contributed by atoms with van der Waals surface area (Å²) in [5.41, 5.74) is 2.91. The first kappa shape index (κ1) is 23.3. The second-order valence-electron chi connectivity index (χ2n) is 10.0. The Morgan fingerprint density at radius 2 is 2.15 bits per heavy atom. The van der Waals surface area contributed by atoms with Gasteiger partial charge >= 0.3 is 0 Å². The number of unbranched alkanes of at least 4 members (excludes halogenated alkanes) is 2. The maximum absolute atomic E-state index is 13.6. The first-order chi connectivity index (χ1) is 15.7. The average Bonchev–Trinajstić information content (AvgIpc) is 3.25. The summed E-state index contributed by atoms with van der Waals surface area (Å²) in [5.74, 6) is 1.20. The molecule has 1 aromatic heterocycles. The minimum Gasteiger partial charge on any atom is -0.507 e. The van der Waals surface area contributed by atoms with E-state index in [0.29, 0.717) is 23.6 Å². The van der Waals surface area contributed by atoms with Crippen LogP contribution in [0.25, 0.3) is 0 Å². The minimum atomic E-state index is -0.344. The lowest BCUT2D eigenvalue weighted by molar-refractivity contribution is 0.0106. The van der Waals surface area contributed by atoms with Gasteiger partial charge in [-0.25, -0.2) is 0 Å². The number of hydrogen-bond acceptors (Lipinski definition) is 6. The summed E-state index contributed by atoms with van der Waals surface area (Å²) in [5, 5.41) is 25.5. The second kappa shape index (κ2) is 9.15. The van der Waals surface area contributed by atoms with E-state index in [4.69, 9.17) is 4.74 Å². The van der Waals surface area contributed by atoms with Crippen LogP contribution in [0.5, 0.6) is 11.5 Å². The Hall–Kier alpha value is -2.90. The number of phenolic OH excluding ortho intramolecular Hbond substituents is 1. The summed E-state index contributed by atoms with van der Waals surface area (Å²) >= 11 is 0. The molecule has 4 rings (SSSR count). The molecular formula is C25H35N5O3. The van der Waals surface area contributed by atoms with Crippen molar-refractivity contribution in [2.75, 3.05) is 7.05 Å². The zero-order valence-electron chi connectivity index (χ0n) is 20.3. The van der Waals surface area contributed by atoms with Crippen LogP contribution in [0.1, 0.15) is 93.0 Å². The minimum absolute atomic E-state index is 0.0243. The van der Waals surface area contributed by atoms with Crippen molar-refractivity contribution in [3.05, 3.63) is 40.2 Å². The predicted octanol–water partition coefficient (Wildman–Crippen LogP) is 4.52. The van der Waals surface area contributed by atoms with Crippen molar-refractivity contribution in [3.63, 3.8) is 0 Å². The lowest BCUT2D eigenvalue weighted by Crippen LogP contribution is -2.45. The number of nitrogens with zero attached hydrogens (tertiary/aromatic N) is 4. The fourth-order valence-electron chi connectivity index (χ4n) is 5.34. The van der Waals surface area contributed by atoms with Gasteiger partial charge in [0.25, 0.3) is 5.91 Å². The summed E-state index contributed by atoms with van der Waals surface area (Å²) in [6.45, 7) is 8.76. The van der Waals surface area contributed by atoms with Gasteiger partial charge < -0.3 is 14.7 Å². The zero-order valence-corrected chi connectivity index (χ0v) is 20.3. The van der Waals surface area contributed by atoms with Crippen LogP contribution >= 0.6 is 0 Å². The Bertz CT molecular complexity index is 1040. The number of rotatable bonds is 7. The van der Waals surface area contributed by atoms with Crippen LogP contribution in [-0.2, 0) is 13.0 Å². The number of nitrogens with one attached hydrogen (secondary N) is 1. The quantitative estimate of drug-likeness (QED) is 0.472. The van der Waals surface area contributed by atoms with E-state index in [1.54, 1.807) is 7.05 Å². The van der Waals surface area contributed by atoms with E-state index >= 15 is 0 Å². The largest absolute Gasteiger partial charge is 0.507 e. The van der Waals surface area contributed by atoms with E-state index in [-0.39, 0.29) is 35.6 Å². The number of amides is 1. The fourth-order valence-corrected chi connectivity index (χ4v) is 5.34. The van der Waals surface area contributed by atoms with Crippen molar-refractivity contribution in [2.45, 2.75) is 84.3 Å². The van der Waals surface area contributed by atoms with Crippen molar-refractivity contribution < 1.29 is 14.6 Å². The number of aromatic nitrogens is 4. The molecule has 0 saturated heterocycles. The first-order valence-electron chi connectivity index (χ1n) is 12.0. The highest BCUT2D eigenvalue weighted by Crippen LogP contribution is 2.54. The summed E-state index contributed by atoms with van der Waals surface area (Å²) < 4.78 is 6.49. The predicted molar refractivity (Wildman–Crippen MR) is 125 cm³/mol. The molecule has 1 amide bonds. The van der Waals surface area contributed by atoms with Gasteiger partial charge in [0.15, 0.2) is 5.82 Å². The molecular weight excluding hydrogens is 418 g/mol. The molecule has 0 saturated carbocycles. The van der Waals surface area contributed by atoms with Crippen LogP contribution in [0.3, 0.4) is 0 Å². The summed E-state index contributed by atoms with van der Waals surface area (Å²) in [6, 6.07) is 2.00. The Balaban J connectivity index is 1.80. The normalized spacial score (nSPS) is 20.9. The third-order valence-electron chi connectivity index (χ3n) is 7.11. The van der Waals surface area contributed by atoms with Crippen LogP contribution < -0.4 is 4.74 Å². The molecule has 2 aliphatic rings. The lowest BCUT2D eigenvalue weighted by atomic mass is 9.67. The number of fused-ring (bicyclic) bond motifs is 3. The van der Waals surface area contributed by atoms with Gasteiger partial charge in [0, 0.05) is 24.4 Å². The van der Waals surface area contributed by atoms with Crippen LogP contribution in [0.2, 0.25) is 0 Å². The number of hydrogen-bond donors (Lipinski definition) is 2. The maximum Gasteiger partial charge on any atom is 0.258 e. The van der Waals surface area contributed by atoms with Gasteiger partial charge in [0.05, 0.1) is 12.1 Å². The lowest BCUT2D eigenvalue weighted by Gasteiger charge is -2.46. The molecule has 1 aliphatic carbocycles. The van der Waals surface area contributed by atoms with Crippen molar-refractivity contribution in [2.24, 2.45) is 5.92 Å². The van der Waals surface area contributed by atoms with Gasteiger partial charge in [0.1, 0.15) is 17.1 Å². The Kier molecular flexibility index (Phi) is 6.45. The van der Waals surface area contributed by atoms with E-state index in [0.717, 1.165) is 43.2 Å². The van der Waals surface area contributed by atoms with Crippen LogP contribution in [0.15, 0.2) is 17.7 Å². The first-order valence-corrected chi connectivity index (χ1v) is 12.0. The van der Waals surface area contributed by atoms with Gasteiger partial charge in [0.2, 0.25) is 0 Å². The van der Waals surface area contributed by atoms with Crippen molar-refractivity contribution in [3.8, 4) is 11.5 Å². The van der Waals surface area contributed by atoms with Crippen LogP contribution in [-0.4, -0.2) is 49.2 Å². The molecule has 0 radical (unpaired) electrons. The van der Waals surface area contributed by atoms with Crippen molar-refractivity contribution >= 4 is 5.91 Å². The molecule has 0 spiro atoms. The number of phenols is 1. The molecule has 8 nitrogen and oxygen atoms in total. The van der Waals surface area contributed by atoms with Gasteiger partial charge in [-0.15, -0.1) is 10.2 Å². The molecule has 0 fully saturated rings. The zero-order chi connectivity index (χ0) is 23.8. The monoisotopic (exact) mass is 453 g/mol. The number of carbonyl (C=O) groups excluding carboxylic acids is 1.